The third-order valence-electron chi connectivity index (χ3n) is 3.06. The summed E-state index contributed by atoms with van der Waals surface area (Å²) in [6, 6.07) is 8.81. The Morgan fingerprint density at radius 2 is 1.67 bits per heavy atom. The first-order valence-electron chi connectivity index (χ1n) is 6.52. The van der Waals surface area contributed by atoms with E-state index in [0.717, 1.165) is 11.3 Å². The van der Waals surface area contributed by atoms with E-state index in [9.17, 15) is 0 Å². The molecule has 112 valence electrons. The van der Waals surface area contributed by atoms with E-state index in [1.807, 2.05) is 18.2 Å². The minimum absolute atomic E-state index is 0.306. The summed E-state index contributed by atoms with van der Waals surface area (Å²) in [5, 5.41) is 0.754. The summed E-state index contributed by atoms with van der Waals surface area (Å²) in [5.41, 5.74) is 7.23. The molecule has 0 fully saturated rings. The van der Waals surface area contributed by atoms with Gasteiger partial charge in [-0.05, 0) is 36.2 Å². The van der Waals surface area contributed by atoms with Gasteiger partial charge >= 0.3 is 0 Å². The van der Waals surface area contributed by atoms with Gasteiger partial charge in [-0.1, -0.05) is 37.0 Å². The first-order chi connectivity index (χ1) is 9.92. The van der Waals surface area contributed by atoms with Crippen molar-refractivity contribution in [2.45, 2.75) is 19.8 Å². The first-order valence-corrected chi connectivity index (χ1v) is 7.28. The molecule has 2 rings (SSSR count). The van der Waals surface area contributed by atoms with Crippen LogP contribution in [0.15, 0.2) is 30.3 Å². The van der Waals surface area contributed by atoms with Crippen molar-refractivity contribution in [2.24, 2.45) is 0 Å². The molecule has 0 atom stereocenters. The second-order valence-electron chi connectivity index (χ2n) is 4.97. The average Bonchev–Trinajstić information content (AvgIpc) is 2.42. The summed E-state index contributed by atoms with van der Waals surface area (Å²) >= 11 is 12.3. The molecule has 0 aliphatic carbocycles. The zero-order chi connectivity index (χ0) is 15.6. The lowest BCUT2D eigenvalue weighted by Crippen LogP contribution is -1.96. The normalized spacial score (nSPS) is 10.8. The van der Waals surface area contributed by atoms with Crippen LogP contribution in [-0.2, 0) is 0 Å². The zero-order valence-electron chi connectivity index (χ0n) is 12.1. The number of anilines is 1. The Balaban J connectivity index is 2.39. The molecule has 3 nitrogen and oxygen atoms in total. The molecule has 0 radical (unpaired) electrons. The minimum atomic E-state index is 0.306. The number of ether oxygens (including phenoxy) is 2. The molecule has 2 N–H and O–H groups in total. The quantitative estimate of drug-likeness (QED) is 0.755. The van der Waals surface area contributed by atoms with Gasteiger partial charge in [0, 0.05) is 11.3 Å². The number of halogens is 2. The highest BCUT2D eigenvalue weighted by molar-refractivity contribution is 6.37. The molecule has 0 aliphatic rings. The van der Waals surface area contributed by atoms with Gasteiger partial charge in [0.1, 0.15) is 11.5 Å². The molecule has 21 heavy (non-hydrogen) atoms. The van der Waals surface area contributed by atoms with Gasteiger partial charge in [0.15, 0.2) is 5.75 Å². The fourth-order valence-electron chi connectivity index (χ4n) is 2.02. The van der Waals surface area contributed by atoms with Crippen LogP contribution in [0.2, 0.25) is 10.0 Å². The predicted molar refractivity (Wildman–Crippen MR) is 88.0 cm³/mol. The van der Waals surface area contributed by atoms with Crippen molar-refractivity contribution >= 4 is 28.9 Å². The van der Waals surface area contributed by atoms with Crippen molar-refractivity contribution in [3.05, 3.63) is 45.9 Å². The van der Waals surface area contributed by atoms with E-state index < -0.39 is 0 Å². The maximum Gasteiger partial charge on any atom is 0.164 e. The number of benzene rings is 2. The molecule has 0 heterocycles. The predicted octanol–water partition coefficient (Wildman–Crippen LogP) is 5.50. The van der Waals surface area contributed by atoms with Crippen LogP contribution < -0.4 is 15.2 Å². The fraction of sp³-hybridized carbons (Fsp3) is 0.250. The molecule has 0 saturated heterocycles. The number of hydrogen-bond acceptors (Lipinski definition) is 3. The van der Waals surface area contributed by atoms with E-state index in [4.69, 9.17) is 38.4 Å². The largest absolute Gasteiger partial charge is 0.496 e. The molecule has 2 aromatic carbocycles. The maximum absolute atomic E-state index is 6.13. The standard InChI is InChI=1S/C16H17Cl2NO2/c1-9(2)12-8-11(4-5-15(12)20-3)21-16-13(17)6-10(19)7-14(16)18/h4-9H,19H2,1-3H3. The van der Waals surface area contributed by atoms with Gasteiger partial charge in [-0.25, -0.2) is 0 Å². The molecule has 2 aromatic rings. The van der Waals surface area contributed by atoms with Crippen LogP contribution in [0.3, 0.4) is 0 Å². The lowest BCUT2D eigenvalue weighted by molar-refractivity contribution is 0.405. The topological polar surface area (TPSA) is 44.5 Å². The van der Waals surface area contributed by atoms with Crippen LogP contribution in [0.1, 0.15) is 25.3 Å². The van der Waals surface area contributed by atoms with Crippen LogP contribution in [-0.4, -0.2) is 7.11 Å². The molecule has 0 aliphatic heterocycles. The third kappa shape index (κ3) is 3.55. The van der Waals surface area contributed by atoms with Gasteiger partial charge in [0.25, 0.3) is 0 Å². The van der Waals surface area contributed by atoms with Gasteiger partial charge in [-0.3, -0.25) is 0 Å². The summed E-state index contributed by atoms with van der Waals surface area (Å²) in [5.74, 6) is 2.17. The van der Waals surface area contributed by atoms with Crippen LogP contribution in [0.4, 0.5) is 5.69 Å². The highest BCUT2D eigenvalue weighted by Crippen LogP contribution is 2.39. The lowest BCUT2D eigenvalue weighted by Gasteiger charge is -2.15. The van der Waals surface area contributed by atoms with E-state index in [0.29, 0.717) is 33.1 Å². The van der Waals surface area contributed by atoms with Crippen molar-refractivity contribution in [2.75, 3.05) is 12.8 Å². The fourth-order valence-corrected chi connectivity index (χ4v) is 2.60. The van der Waals surface area contributed by atoms with Gasteiger partial charge in [-0.15, -0.1) is 0 Å². The molecule has 0 bridgehead atoms. The Morgan fingerprint density at radius 3 is 2.19 bits per heavy atom. The molecular formula is C16H17Cl2NO2. The van der Waals surface area contributed by atoms with E-state index in [-0.39, 0.29) is 0 Å². The maximum atomic E-state index is 6.13. The molecule has 0 spiro atoms. The van der Waals surface area contributed by atoms with Gasteiger partial charge in [0.05, 0.1) is 17.2 Å². The van der Waals surface area contributed by atoms with Crippen LogP contribution in [0.5, 0.6) is 17.2 Å². The average molecular weight is 326 g/mol. The number of rotatable bonds is 4. The highest BCUT2D eigenvalue weighted by Gasteiger charge is 2.13. The highest BCUT2D eigenvalue weighted by atomic mass is 35.5. The summed E-state index contributed by atoms with van der Waals surface area (Å²) < 4.78 is 11.2. The Kier molecular flexibility index (Phi) is 4.86. The molecule has 0 unspecified atom stereocenters. The van der Waals surface area contributed by atoms with Crippen molar-refractivity contribution in [1.82, 2.24) is 0 Å². The number of hydrogen-bond donors (Lipinski definition) is 1. The second kappa shape index (κ2) is 6.46. The van der Waals surface area contributed by atoms with Crippen LogP contribution >= 0.6 is 23.2 Å². The van der Waals surface area contributed by atoms with E-state index in [1.54, 1.807) is 19.2 Å². The first kappa shape index (κ1) is 15.8. The van der Waals surface area contributed by atoms with Gasteiger partial charge < -0.3 is 15.2 Å². The summed E-state index contributed by atoms with van der Waals surface area (Å²) in [4.78, 5) is 0. The molecule has 5 heteroatoms. The molecular weight excluding hydrogens is 309 g/mol. The third-order valence-corrected chi connectivity index (χ3v) is 3.63. The van der Waals surface area contributed by atoms with Gasteiger partial charge in [0.2, 0.25) is 0 Å². The summed E-state index contributed by atoms with van der Waals surface area (Å²) in [7, 11) is 1.65. The van der Waals surface area contributed by atoms with Crippen molar-refractivity contribution in [1.29, 1.82) is 0 Å². The van der Waals surface area contributed by atoms with E-state index in [2.05, 4.69) is 13.8 Å². The molecule has 0 amide bonds. The van der Waals surface area contributed by atoms with Gasteiger partial charge in [-0.2, -0.15) is 0 Å². The lowest BCUT2D eigenvalue weighted by atomic mass is 10.0. The Hall–Kier alpha value is -1.58. The van der Waals surface area contributed by atoms with Crippen LogP contribution in [0, 0.1) is 0 Å². The Morgan fingerprint density at radius 1 is 1.05 bits per heavy atom. The second-order valence-corrected chi connectivity index (χ2v) is 5.79. The number of nitrogen functional groups attached to an aromatic ring is 1. The van der Waals surface area contributed by atoms with Crippen molar-refractivity contribution in [3.8, 4) is 17.2 Å². The molecule has 0 saturated carbocycles. The zero-order valence-corrected chi connectivity index (χ0v) is 13.6. The summed E-state index contributed by atoms with van der Waals surface area (Å²) in [6.45, 7) is 4.18. The van der Waals surface area contributed by atoms with Crippen molar-refractivity contribution in [3.63, 3.8) is 0 Å². The Bertz CT molecular complexity index is 634. The monoisotopic (exact) mass is 325 g/mol. The van der Waals surface area contributed by atoms with E-state index >= 15 is 0 Å². The van der Waals surface area contributed by atoms with Crippen LogP contribution in [0.25, 0.3) is 0 Å². The Labute approximate surface area is 134 Å². The number of nitrogens with two attached hydrogens (primary N) is 1. The van der Waals surface area contributed by atoms with Crippen molar-refractivity contribution < 1.29 is 9.47 Å². The van der Waals surface area contributed by atoms with E-state index in [1.165, 1.54) is 0 Å². The minimum Gasteiger partial charge on any atom is -0.496 e. The number of methoxy groups -OCH3 is 1. The summed E-state index contributed by atoms with van der Waals surface area (Å²) in [6.07, 6.45) is 0. The smallest absolute Gasteiger partial charge is 0.164 e. The molecule has 0 aromatic heterocycles. The SMILES string of the molecule is COc1ccc(Oc2c(Cl)cc(N)cc2Cl)cc1C(C)C.